The van der Waals surface area contributed by atoms with Gasteiger partial charge in [-0.15, -0.1) is 0 Å². The van der Waals surface area contributed by atoms with Gasteiger partial charge in [0.15, 0.2) is 0 Å². The van der Waals surface area contributed by atoms with E-state index < -0.39 is 0 Å². The Balaban J connectivity index is 1.48. The molecule has 2 saturated heterocycles. The second kappa shape index (κ2) is 8.51. The second-order valence-electron chi connectivity index (χ2n) is 8.86. The van der Waals surface area contributed by atoms with Crippen molar-refractivity contribution in [2.24, 2.45) is 0 Å². The number of likely N-dealkylation sites (tertiary alicyclic amines) is 1. The lowest BCUT2D eigenvalue weighted by atomic mass is 9.74. The van der Waals surface area contributed by atoms with Crippen molar-refractivity contribution < 1.29 is 4.79 Å². The van der Waals surface area contributed by atoms with E-state index in [1.165, 1.54) is 51.6 Å². The molecule has 2 heterocycles. The van der Waals surface area contributed by atoms with Gasteiger partial charge in [-0.1, -0.05) is 29.3 Å². The maximum absolute atomic E-state index is 13.1. The quantitative estimate of drug-likeness (QED) is 0.790. The molecule has 1 unspecified atom stereocenters. The van der Waals surface area contributed by atoms with Crippen LogP contribution in [0, 0.1) is 0 Å². The van der Waals surface area contributed by atoms with Crippen LogP contribution in [0.15, 0.2) is 18.2 Å². The molecule has 6 heteroatoms. The fraction of sp³-hybridized carbons (Fsp3) is 0.682. The van der Waals surface area contributed by atoms with E-state index in [9.17, 15) is 4.79 Å². The number of nitrogens with zero attached hydrogens (tertiary/aromatic N) is 2. The molecular formula is C22H31Cl2N3O. The monoisotopic (exact) mass is 423 g/mol. The number of amides is 1. The van der Waals surface area contributed by atoms with Crippen molar-refractivity contribution in [3.05, 3.63) is 33.8 Å². The third kappa shape index (κ3) is 4.21. The van der Waals surface area contributed by atoms with Crippen LogP contribution in [0.2, 0.25) is 10.0 Å². The number of hydrogen-bond donors (Lipinski definition) is 1. The lowest BCUT2D eigenvalue weighted by Crippen LogP contribution is -2.60. The van der Waals surface area contributed by atoms with Crippen LogP contribution in [0.1, 0.15) is 50.5 Å². The minimum Gasteiger partial charge on any atom is -0.341 e. The molecular weight excluding hydrogens is 393 g/mol. The molecule has 3 aliphatic rings. The summed E-state index contributed by atoms with van der Waals surface area (Å²) in [6.45, 7) is 3.49. The summed E-state index contributed by atoms with van der Waals surface area (Å²) in [5.74, 6) is 0.169. The molecule has 4 nitrogen and oxygen atoms in total. The summed E-state index contributed by atoms with van der Waals surface area (Å²) in [6, 6.07) is 6.24. The summed E-state index contributed by atoms with van der Waals surface area (Å²) in [7, 11) is 1.99. The Labute approximate surface area is 178 Å². The van der Waals surface area contributed by atoms with Crippen LogP contribution in [-0.2, 0) is 11.2 Å². The molecule has 0 radical (unpaired) electrons. The fourth-order valence-corrected chi connectivity index (χ4v) is 5.86. The standard InChI is InChI=1S/C22H31Cl2N3O/c1-26(21(28)14-16-5-6-17(23)18(24)13-16)19-7-9-22(8-4-10-25-22)15-20(19)27-11-2-3-12-27/h5-6,13,19-20,25H,2-4,7-12,14-15H2,1H3/t19-,20-,22?/m1/s1. The first kappa shape index (κ1) is 20.5. The minimum atomic E-state index is 0.169. The van der Waals surface area contributed by atoms with Crippen molar-refractivity contribution >= 4 is 29.1 Å². The van der Waals surface area contributed by atoms with Crippen LogP contribution in [0.5, 0.6) is 0 Å². The van der Waals surface area contributed by atoms with Crippen molar-refractivity contribution in [3.8, 4) is 0 Å². The highest BCUT2D eigenvalue weighted by atomic mass is 35.5. The molecule has 154 valence electrons. The lowest BCUT2D eigenvalue weighted by molar-refractivity contribution is -0.134. The van der Waals surface area contributed by atoms with Gasteiger partial charge in [-0.3, -0.25) is 9.69 Å². The normalized spacial score (nSPS) is 30.8. The number of halogens is 2. The number of rotatable bonds is 4. The number of carbonyl (C=O) groups is 1. The van der Waals surface area contributed by atoms with Gasteiger partial charge in [-0.2, -0.15) is 0 Å². The maximum Gasteiger partial charge on any atom is 0.227 e. The molecule has 1 aromatic rings. The summed E-state index contributed by atoms with van der Waals surface area (Å²) in [5.41, 5.74) is 1.23. The molecule has 1 aromatic carbocycles. The van der Waals surface area contributed by atoms with Gasteiger partial charge in [0, 0.05) is 24.7 Å². The second-order valence-corrected chi connectivity index (χ2v) is 9.68. The van der Waals surface area contributed by atoms with E-state index >= 15 is 0 Å². The predicted octanol–water partition coefficient (Wildman–Crippen LogP) is 4.13. The van der Waals surface area contributed by atoms with Crippen LogP contribution in [0.4, 0.5) is 0 Å². The van der Waals surface area contributed by atoms with Crippen LogP contribution in [0.25, 0.3) is 0 Å². The van der Waals surface area contributed by atoms with Crippen molar-refractivity contribution in [3.63, 3.8) is 0 Å². The van der Waals surface area contributed by atoms with E-state index in [0.717, 1.165) is 18.5 Å². The summed E-state index contributed by atoms with van der Waals surface area (Å²) in [6.07, 6.45) is 8.93. The van der Waals surface area contributed by atoms with Gasteiger partial charge in [0.1, 0.15) is 0 Å². The summed E-state index contributed by atoms with van der Waals surface area (Å²) in [5, 5.41) is 4.85. The van der Waals surface area contributed by atoms with Gasteiger partial charge in [0.25, 0.3) is 0 Å². The Morgan fingerprint density at radius 2 is 2.00 bits per heavy atom. The zero-order valence-corrected chi connectivity index (χ0v) is 18.2. The average molecular weight is 424 g/mol. The predicted molar refractivity (Wildman–Crippen MR) is 115 cm³/mol. The fourth-order valence-electron chi connectivity index (χ4n) is 5.54. The Kier molecular flexibility index (Phi) is 6.22. The first-order valence-electron chi connectivity index (χ1n) is 10.7. The lowest BCUT2D eigenvalue weighted by Gasteiger charge is -2.49. The van der Waals surface area contributed by atoms with Gasteiger partial charge in [0.2, 0.25) is 5.91 Å². The van der Waals surface area contributed by atoms with Crippen LogP contribution < -0.4 is 5.32 Å². The Morgan fingerprint density at radius 1 is 1.21 bits per heavy atom. The van der Waals surface area contributed by atoms with Crippen LogP contribution >= 0.6 is 23.2 Å². The van der Waals surface area contributed by atoms with Crippen molar-refractivity contribution in [1.29, 1.82) is 0 Å². The molecule has 0 aromatic heterocycles. The molecule has 1 saturated carbocycles. The molecule has 1 spiro atoms. The number of benzene rings is 1. The molecule has 2 aliphatic heterocycles. The molecule has 4 rings (SSSR count). The topological polar surface area (TPSA) is 35.6 Å². The van der Waals surface area contributed by atoms with Gasteiger partial charge in [-0.05, 0) is 82.3 Å². The molecule has 1 aliphatic carbocycles. The zero-order valence-electron chi connectivity index (χ0n) is 16.7. The van der Waals surface area contributed by atoms with Crippen LogP contribution in [0.3, 0.4) is 0 Å². The number of hydrogen-bond acceptors (Lipinski definition) is 3. The first-order valence-corrected chi connectivity index (χ1v) is 11.4. The molecule has 0 bridgehead atoms. The third-order valence-electron chi connectivity index (χ3n) is 7.13. The Bertz CT molecular complexity index is 714. The largest absolute Gasteiger partial charge is 0.341 e. The van der Waals surface area contributed by atoms with E-state index in [-0.39, 0.29) is 5.91 Å². The number of likely N-dealkylation sites (N-methyl/N-ethyl adjacent to an activating group) is 1. The Morgan fingerprint density at radius 3 is 2.68 bits per heavy atom. The highest BCUT2D eigenvalue weighted by Gasteiger charge is 2.46. The van der Waals surface area contributed by atoms with E-state index in [1.807, 2.05) is 24.1 Å². The molecule has 28 heavy (non-hydrogen) atoms. The Hall–Kier alpha value is -0.810. The maximum atomic E-state index is 13.1. The van der Waals surface area contributed by atoms with Crippen molar-refractivity contribution in [2.45, 2.75) is 69.0 Å². The van der Waals surface area contributed by atoms with Gasteiger partial charge in [-0.25, -0.2) is 0 Å². The third-order valence-corrected chi connectivity index (χ3v) is 7.87. The smallest absolute Gasteiger partial charge is 0.227 e. The zero-order chi connectivity index (χ0) is 19.7. The van der Waals surface area contributed by atoms with Gasteiger partial charge in [0.05, 0.1) is 16.5 Å². The average Bonchev–Trinajstić information content (AvgIpc) is 3.37. The van der Waals surface area contributed by atoms with E-state index in [4.69, 9.17) is 23.2 Å². The van der Waals surface area contributed by atoms with Crippen LogP contribution in [-0.4, -0.2) is 60.0 Å². The number of nitrogens with one attached hydrogen (secondary N) is 1. The summed E-state index contributed by atoms with van der Waals surface area (Å²) in [4.78, 5) is 17.8. The van der Waals surface area contributed by atoms with Gasteiger partial charge >= 0.3 is 0 Å². The summed E-state index contributed by atoms with van der Waals surface area (Å²) >= 11 is 12.1. The summed E-state index contributed by atoms with van der Waals surface area (Å²) < 4.78 is 0. The molecule has 1 N–H and O–H groups in total. The highest BCUT2D eigenvalue weighted by molar-refractivity contribution is 6.42. The highest BCUT2D eigenvalue weighted by Crippen LogP contribution is 2.39. The number of carbonyl (C=O) groups excluding carboxylic acids is 1. The van der Waals surface area contributed by atoms with E-state index in [2.05, 4.69) is 10.2 Å². The molecule has 1 amide bonds. The molecule has 3 fully saturated rings. The SMILES string of the molecule is CN(C(=O)Cc1ccc(Cl)c(Cl)c1)[C@@H]1CCC2(CCCN2)C[C@H]1N1CCCC1. The van der Waals surface area contributed by atoms with E-state index in [1.54, 1.807) is 6.07 Å². The van der Waals surface area contributed by atoms with E-state index in [0.29, 0.717) is 34.1 Å². The van der Waals surface area contributed by atoms with Crippen molar-refractivity contribution in [2.75, 3.05) is 26.7 Å². The first-order chi connectivity index (χ1) is 13.5. The molecule has 3 atom stereocenters. The van der Waals surface area contributed by atoms with Crippen molar-refractivity contribution in [1.82, 2.24) is 15.1 Å². The van der Waals surface area contributed by atoms with Gasteiger partial charge < -0.3 is 10.2 Å². The minimum absolute atomic E-state index is 0.169.